The topological polar surface area (TPSA) is 62.7 Å². The molecule has 5 rings (SSSR count). The maximum absolute atomic E-state index is 11.8. The van der Waals surface area contributed by atoms with E-state index in [2.05, 4.69) is 26.9 Å². The second kappa shape index (κ2) is 8.44. The standard InChI is InChI=1S/C23H31N3O3S/c27-30(28)12-10-25(11-13-30)15-18-14-19-16-26(20-6-3-1-2-4-7-20)17-29-23(19)22-21(18)8-5-9-24-22/h5,8-9,14,20H,1-4,6-7,10-13,15-17H2. The monoisotopic (exact) mass is 429 g/mol. The zero-order valence-electron chi connectivity index (χ0n) is 17.6. The van der Waals surface area contributed by atoms with Crippen LogP contribution < -0.4 is 4.74 Å². The van der Waals surface area contributed by atoms with Crippen LogP contribution >= 0.6 is 0 Å². The molecule has 1 aromatic carbocycles. The van der Waals surface area contributed by atoms with Crippen molar-refractivity contribution in [2.75, 3.05) is 31.3 Å². The SMILES string of the molecule is O=S1(=O)CCN(Cc2cc3c(c4ncccc24)OCN(C2CCCCCC2)C3)CC1. The van der Waals surface area contributed by atoms with Crippen molar-refractivity contribution in [3.63, 3.8) is 0 Å². The molecule has 0 unspecified atom stereocenters. The van der Waals surface area contributed by atoms with Crippen LogP contribution in [0.2, 0.25) is 0 Å². The van der Waals surface area contributed by atoms with E-state index in [1.54, 1.807) is 0 Å². The highest BCUT2D eigenvalue weighted by molar-refractivity contribution is 7.91. The van der Waals surface area contributed by atoms with Gasteiger partial charge in [-0.3, -0.25) is 14.8 Å². The second-order valence-electron chi connectivity index (χ2n) is 9.02. The van der Waals surface area contributed by atoms with E-state index in [0.717, 1.165) is 29.7 Å². The first kappa shape index (κ1) is 20.2. The third-order valence-electron chi connectivity index (χ3n) is 6.93. The normalized spacial score (nSPS) is 23.6. The quantitative estimate of drug-likeness (QED) is 0.698. The molecular formula is C23H31N3O3S. The fourth-order valence-electron chi connectivity index (χ4n) is 5.18. The number of benzene rings is 1. The molecule has 0 atom stereocenters. The molecule has 0 spiro atoms. The molecule has 3 aliphatic rings. The van der Waals surface area contributed by atoms with Gasteiger partial charge in [0.25, 0.3) is 0 Å². The molecule has 0 amide bonds. The molecular weight excluding hydrogens is 398 g/mol. The smallest absolute Gasteiger partial charge is 0.152 e. The Morgan fingerprint density at radius 1 is 1.10 bits per heavy atom. The summed E-state index contributed by atoms with van der Waals surface area (Å²) in [5, 5.41) is 1.12. The lowest BCUT2D eigenvalue weighted by Gasteiger charge is -2.36. The van der Waals surface area contributed by atoms with Crippen LogP contribution in [0.5, 0.6) is 5.75 Å². The van der Waals surface area contributed by atoms with Crippen molar-refractivity contribution in [3.8, 4) is 5.75 Å². The number of aromatic nitrogens is 1. The van der Waals surface area contributed by atoms with Crippen LogP contribution in [-0.2, 0) is 22.9 Å². The first-order valence-corrected chi connectivity index (χ1v) is 13.1. The second-order valence-corrected chi connectivity index (χ2v) is 11.3. The number of sulfone groups is 1. The number of hydrogen-bond acceptors (Lipinski definition) is 6. The molecule has 2 fully saturated rings. The van der Waals surface area contributed by atoms with Gasteiger partial charge in [0.2, 0.25) is 0 Å². The van der Waals surface area contributed by atoms with E-state index in [4.69, 9.17) is 4.74 Å². The van der Waals surface area contributed by atoms with E-state index in [1.165, 1.54) is 49.7 Å². The third-order valence-corrected chi connectivity index (χ3v) is 8.54. The molecule has 2 aliphatic heterocycles. The predicted octanol–water partition coefficient (Wildman–Crippen LogP) is 3.34. The molecule has 162 valence electrons. The highest BCUT2D eigenvalue weighted by Gasteiger charge is 2.28. The van der Waals surface area contributed by atoms with Crippen molar-refractivity contribution < 1.29 is 13.2 Å². The Kier molecular flexibility index (Phi) is 5.69. The van der Waals surface area contributed by atoms with E-state index >= 15 is 0 Å². The van der Waals surface area contributed by atoms with Gasteiger partial charge in [-0.15, -0.1) is 0 Å². The number of pyridine rings is 1. The summed E-state index contributed by atoms with van der Waals surface area (Å²) >= 11 is 0. The van der Waals surface area contributed by atoms with Crippen LogP contribution in [-0.4, -0.2) is 60.6 Å². The van der Waals surface area contributed by atoms with Crippen molar-refractivity contribution in [1.82, 2.24) is 14.8 Å². The zero-order valence-corrected chi connectivity index (χ0v) is 18.4. The zero-order chi connectivity index (χ0) is 20.6. The van der Waals surface area contributed by atoms with Gasteiger partial charge in [-0.1, -0.05) is 31.7 Å². The lowest BCUT2D eigenvalue weighted by atomic mass is 9.99. The van der Waals surface area contributed by atoms with Gasteiger partial charge >= 0.3 is 0 Å². The number of nitrogens with zero attached hydrogens (tertiary/aromatic N) is 3. The van der Waals surface area contributed by atoms with Gasteiger partial charge in [0.05, 0.1) is 11.5 Å². The fraction of sp³-hybridized carbons (Fsp3) is 0.609. The maximum Gasteiger partial charge on any atom is 0.152 e. The first-order valence-electron chi connectivity index (χ1n) is 11.3. The van der Waals surface area contributed by atoms with Gasteiger partial charge in [-0.25, -0.2) is 8.42 Å². The van der Waals surface area contributed by atoms with Gasteiger partial charge in [-0.2, -0.15) is 0 Å². The molecule has 0 N–H and O–H groups in total. The number of rotatable bonds is 3. The summed E-state index contributed by atoms with van der Waals surface area (Å²) in [5.74, 6) is 1.44. The van der Waals surface area contributed by atoms with Crippen LogP contribution in [0.1, 0.15) is 49.7 Å². The summed E-state index contributed by atoms with van der Waals surface area (Å²) in [7, 11) is -2.87. The third kappa shape index (κ3) is 4.20. The summed E-state index contributed by atoms with van der Waals surface area (Å²) in [4.78, 5) is 9.42. The van der Waals surface area contributed by atoms with E-state index < -0.39 is 9.84 Å². The lowest BCUT2D eigenvalue weighted by Crippen LogP contribution is -2.41. The van der Waals surface area contributed by atoms with E-state index in [-0.39, 0.29) is 11.5 Å². The van der Waals surface area contributed by atoms with Crippen LogP contribution in [0, 0.1) is 0 Å². The van der Waals surface area contributed by atoms with E-state index in [0.29, 0.717) is 25.9 Å². The molecule has 3 heterocycles. The molecule has 30 heavy (non-hydrogen) atoms. The summed E-state index contributed by atoms with van der Waals surface area (Å²) < 4.78 is 29.9. The summed E-state index contributed by atoms with van der Waals surface area (Å²) in [6, 6.07) is 6.97. The van der Waals surface area contributed by atoms with Gasteiger partial charge < -0.3 is 4.74 Å². The number of fused-ring (bicyclic) bond motifs is 3. The average Bonchev–Trinajstić information content (AvgIpc) is 3.04. The predicted molar refractivity (Wildman–Crippen MR) is 118 cm³/mol. The molecule has 0 radical (unpaired) electrons. The number of hydrogen-bond donors (Lipinski definition) is 0. The minimum absolute atomic E-state index is 0.257. The molecule has 1 saturated carbocycles. The van der Waals surface area contributed by atoms with Crippen LogP contribution in [0.25, 0.3) is 10.9 Å². The van der Waals surface area contributed by atoms with Crippen molar-refractivity contribution in [1.29, 1.82) is 0 Å². The molecule has 1 aromatic heterocycles. The Balaban J connectivity index is 1.43. The highest BCUT2D eigenvalue weighted by atomic mass is 32.2. The lowest BCUT2D eigenvalue weighted by molar-refractivity contribution is 0.0503. The Bertz CT molecular complexity index is 1000. The van der Waals surface area contributed by atoms with Crippen LogP contribution in [0.3, 0.4) is 0 Å². The van der Waals surface area contributed by atoms with Crippen molar-refractivity contribution in [3.05, 3.63) is 35.5 Å². The first-order chi connectivity index (χ1) is 14.6. The Morgan fingerprint density at radius 3 is 2.63 bits per heavy atom. The average molecular weight is 430 g/mol. The molecule has 0 bridgehead atoms. The molecule has 2 aromatic rings. The fourth-order valence-corrected chi connectivity index (χ4v) is 6.46. The summed E-state index contributed by atoms with van der Waals surface area (Å²) in [5.41, 5.74) is 3.38. The Labute approximate surface area is 179 Å². The number of ether oxygens (including phenoxy) is 1. The molecule has 1 saturated heterocycles. The largest absolute Gasteiger partial charge is 0.475 e. The Morgan fingerprint density at radius 2 is 1.87 bits per heavy atom. The molecule has 6 nitrogen and oxygen atoms in total. The van der Waals surface area contributed by atoms with Gasteiger partial charge in [-0.05, 0) is 30.5 Å². The maximum atomic E-state index is 11.8. The van der Waals surface area contributed by atoms with E-state index in [9.17, 15) is 8.42 Å². The van der Waals surface area contributed by atoms with Gasteiger partial charge in [0.1, 0.15) is 12.2 Å². The minimum Gasteiger partial charge on any atom is -0.475 e. The molecule has 7 heteroatoms. The van der Waals surface area contributed by atoms with Gasteiger partial charge in [0.15, 0.2) is 15.6 Å². The van der Waals surface area contributed by atoms with Crippen molar-refractivity contribution >= 4 is 20.7 Å². The van der Waals surface area contributed by atoms with Crippen molar-refractivity contribution in [2.24, 2.45) is 0 Å². The molecule has 1 aliphatic carbocycles. The van der Waals surface area contributed by atoms with Gasteiger partial charge in [0, 0.05) is 49.4 Å². The van der Waals surface area contributed by atoms with Crippen LogP contribution in [0.4, 0.5) is 0 Å². The summed E-state index contributed by atoms with van der Waals surface area (Å²) in [6.45, 7) is 3.52. The minimum atomic E-state index is -2.87. The van der Waals surface area contributed by atoms with Crippen molar-refractivity contribution in [2.45, 2.75) is 57.7 Å². The summed E-state index contributed by atoms with van der Waals surface area (Å²) in [6.07, 6.45) is 9.70. The Hall–Kier alpha value is -1.70. The van der Waals surface area contributed by atoms with Crippen LogP contribution in [0.15, 0.2) is 24.4 Å². The highest BCUT2D eigenvalue weighted by Crippen LogP contribution is 2.37. The van der Waals surface area contributed by atoms with E-state index in [1.807, 2.05) is 12.3 Å².